The highest BCUT2D eigenvalue weighted by molar-refractivity contribution is 6.01. The van der Waals surface area contributed by atoms with Gasteiger partial charge in [-0.3, -0.25) is 9.78 Å². The van der Waals surface area contributed by atoms with Crippen molar-refractivity contribution in [1.82, 2.24) is 9.55 Å². The van der Waals surface area contributed by atoms with Crippen LogP contribution in [0.25, 0.3) is 22.3 Å². The van der Waals surface area contributed by atoms with Crippen LogP contribution in [-0.4, -0.2) is 35.7 Å². The summed E-state index contributed by atoms with van der Waals surface area (Å²) in [4.78, 5) is 28.2. The predicted octanol–water partition coefficient (Wildman–Crippen LogP) is 3.71. The van der Waals surface area contributed by atoms with Crippen molar-refractivity contribution in [1.29, 1.82) is 0 Å². The lowest BCUT2D eigenvalue weighted by atomic mass is 9.97. The minimum absolute atomic E-state index is 0.0911. The van der Waals surface area contributed by atoms with E-state index in [4.69, 9.17) is 9.47 Å². The molecular formula is C21H19FN2O4. The fourth-order valence-corrected chi connectivity index (χ4v) is 3.02. The van der Waals surface area contributed by atoms with Gasteiger partial charge in [-0.25, -0.2) is 9.18 Å². The second-order valence-electron chi connectivity index (χ2n) is 6.02. The number of carbonyl (C=O) groups excluding carboxylic acids is 2. The van der Waals surface area contributed by atoms with E-state index in [-0.39, 0.29) is 24.5 Å². The highest BCUT2D eigenvalue weighted by atomic mass is 19.1. The molecule has 0 aliphatic heterocycles. The van der Waals surface area contributed by atoms with Crippen LogP contribution in [-0.2, 0) is 20.8 Å². The molecule has 0 spiro atoms. The van der Waals surface area contributed by atoms with Crippen LogP contribution in [0.2, 0.25) is 0 Å². The molecular weight excluding hydrogens is 363 g/mol. The maximum Gasteiger partial charge on any atom is 0.355 e. The Morgan fingerprint density at radius 1 is 1.00 bits per heavy atom. The molecule has 7 heteroatoms. The predicted molar refractivity (Wildman–Crippen MR) is 101 cm³/mol. The monoisotopic (exact) mass is 382 g/mol. The van der Waals surface area contributed by atoms with Crippen molar-refractivity contribution >= 4 is 11.9 Å². The largest absolute Gasteiger partial charge is 0.469 e. The Labute approximate surface area is 161 Å². The molecule has 2 aromatic heterocycles. The number of esters is 2. The number of methoxy groups -OCH3 is 2. The fourth-order valence-electron chi connectivity index (χ4n) is 3.02. The third-order valence-electron chi connectivity index (χ3n) is 4.37. The number of pyridine rings is 1. The van der Waals surface area contributed by atoms with E-state index in [0.29, 0.717) is 11.1 Å². The molecule has 144 valence electrons. The number of aryl methyl sites for hydroxylation is 1. The number of hydrogen-bond donors (Lipinski definition) is 0. The lowest BCUT2D eigenvalue weighted by Crippen LogP contribution is -2.14. The van der Waals surface area contributed by atoms with Gasteiger partial charge in [-0.05, 0) is 35.4 Å². The van der Waals surface area contributed by atoms with Gasteiger partial charge in [-0.15, -0.1) is 0 Å². The Morgan fingerprint density at radius 2 is 1.68 bits per heavy atom. The van der Waals surface area contributed by atoms with E-state index in [1.54, 1.807) is 35.3 Å². The third kappa shape index (κ3) is 3.93. The molecule has 0 aliphatic rings. The average Bonchev–Trinajstić information content (AvgIpc) is 3.12. The van der Waals surface area contributed by atoms with Crippen molar-refractivity contribution < 1.29 is 23.5 Å². The second kappa shape index (κ2) is 8.47. The highest BCUT2D eigenvalue weighted by Crippen LogP contribution is 2.37. The number of ether oxygens (including phenoxy) is 2. The summed E-state index contributed by atoms with van der Waals surface area (Å²) in [6.07, 6.45) is 5.16. The first-order valence-electron chi connectivity index (χ1n) is 8.59. The van der Waals surface area contributed by atoms with Gasteiger partial charge in [0.25, 0.3) is 0 Å². The van der Waals surface area contributed by atoms with Gasteiger partial charge >= 0.3 is 11.9 Å². The molecule has 0 amide bonds. The minimum Gasteiger partial charge on any atom is -0.469 e. The SMILES string of the molecule is COC(=O)CCn1cc(-c2ccncc2)c(-c2ccc(F)cc2)c1C(=O)OC. The summed E-state index contributed by atoms with van der Waals surface area (Å²) >= 11 is 0. The lowest BCUT2D eigenvalue weighted by molar-refractivity contribution is -0.140. The van der Waals surface area contributed by atoms with Crippen LogP contribution in [0, 0.1) is 5.82 Å². The molecule has 0 bridgehead atoms. The topological polar surface area (TPSA) is 70.4 Å². The van der Waals surface area contributed by atoms with Gasteiger partial charge in [-0.2, -0.15) is 0 Å². The summed E-state index contributed by atoms with van der Waals surface area (Å²) in [6, 6.07) is 9.50. The van der Waals surface area contributed by atoms with Crippen LogP contribution >= 0.6 is 0 Å². The second-order valence-corrected chi connectivity index (χ2v) is 6.02. The van der Waals surface area contributed by atoms with E-state index in [9.17, 15) is 14.0 Å². The molecule has 0 radical (unpaired) electrons. The van der Waals surface area contributed by atoms with E-state index < -0.39 is 11.9 Å². The molecule has 3 aromatic rings. The zero-order valence-corrected chi connectivity index (χ0v) is 15.5. The summed E-state index contributed by atoms with van der Waals surface area (Å²) in [5.41, 5.74) is 3.12. The van der Waals surface area contributed by atoms with Crippen LogP contribution in [0.1, 0.15) is 16.9 Å². The summed E-state index contributed by atoms with van der Waals surface area (Å²) in [5, 5.41) is 0. The van der Waals surface area contributed by atoms with Gasteiger partial charge in [0.2, 0.25) is 0 Å². The molecule has 6 nitrogen and oxygen atoms in total. The van der Waals surface area contributed by atoms with Crippen molar-refractivity contribution in [3.05, 3.63) is 66.5 Å². The first kappa shape index (κ1) is 19.3. The number of aromatic nitrogens is 2. The lowest BCUT2D eigenvalue weighted by Gasteiger charge is -2.10. The summed E-state index contributed by atoms with van der Waals surface area (Å²) in [7, 11) is 2.60. The summed E-state index contributed by atoms with van der Waals surface area (Å²) in [6.45, 7) is 0.233. The Hall–Kier alpha value is -3.48. The van der Waals surface area contributed by atoms with Crippen molar-refractivity contribution in [3.63, 3.8) is 0 Å². The normalized spacial score (nSPS) is 10.5. The molecule has 1 aromatic carbocycles. The molecule has 0 saturated heterocycles. The molecule has 0 atom stereocenters. The van der Waals surface area contributed by atoms with Gasteiger partial charge in [0, 0.05) is 36.3 Å². The highest BCUT2D eigenvalue weighted by Gasteiger charge is 2.25. The van der Waals surface area contributed by atoms with E-state index in [1.807, 2.05) is 12.1 Å². The Kier molecular flexibility index (Phi) is 5.84. The number of carbonyl (C=O) groups is 2. The van der Waals surface area contributed by atoms with Crippen LogP contribution in [0.15, 0.2) is 55.0 Å². The van der Waals surface area contributed by atoms with Gasteiger partial charge in [0.1, 0.15) is 11.5 Å². The Bertz CT molecular complexity index is 982. The first-order chi connectivity index (χ1) is 13.5. The van der Waals surface area contributed by atoms with Crippen LogP contribution in [0.4, 0.5) is 4.39 Å². The quantitative estimate of drug-likeness (QED) is 0.608. The molecule has 0 N–H and O–H groups in total. The maximum atomic E-state index is 13.4. The van der Waals surface area contributed by atoms with Gasteiger partial charge in [0.05, 0.1) is 20.6 Å². The van der Waals surface area contributed by atoms with Crippen molar-refractivity contribution in [2.45, 2.75) is 13.0 Å². The Morgan fingerprint density at radius 3 is 2.29 bits per heavy atom. The van der Waals surface area contributed by atoms with E-state index in [0.717, 1.165) is 11.1 Å². The molecule has 28 heavy (non-hydrogen) atoms. The van der Waals surface area contributed by atoms with Crippen LogP contribution in [0.5, 0.6) is 0 Å². The molecule has 0 saturated carbocycles. The zero-order valence-electron chi connectivity index (χ0n) is 15.5. The van der Waals surface area contributed by atoms with E-state index >= 15 is 0 Å². The molecule has 0 fully saturated rings. The number of rotatable bonds is 6. The van der Waals surface area contributed by atoms with Crippen LogP contribution < -0.4 is 0 Å². The van der Waals surface area contributed by atoms with Gasteiger partial charge < -0.3 is 14.0 Å². The third-order valence-corrected chi connectivity index (χ3v) is 4.37. The van der Waals surface area contributed by atoms with Crippen molar-refractivity contribution in [2.75, 3.05) is 14.2 Å². The number of nitrogens with zero attached hydrogens (tertiary/aromatic N) is 2. The first-order valence-corrected chi connectivity index (χ1v) is 8.59. The maximum absolute atomic E-state index is 13.4. The van der Waals surface area contributed by atoms with Crippen LogP contribution in [0.3, 0.4) is 0 Å². The molecule has 0 unspecified atom stereocenters. The average molecular weight is 382 g/mol. The molecule has 3 rings (SSSR count). The van der Waals surface area contributed by atoms with Crippen molar-refractivity contribution in [2.24, 2.45) is 0 Å². The summed E-state index contributed by atoms with van der Waals surface area (Å²) in [5.74, 6) is -1.32. The molecule has 2 heterocycles. The summed E-state index contributed by atoms with van der Waals surface area (Å²) < 4.78 is 24.8. The van der Waals surface area contributed by atoms with Gasteiger partial charge in [-0.1, -0.05) is 12.1 Å². The van der Waals surface area contributed by atoms with Crippen molar-refractivity contribution in [3.8, 4) is 22.3 Å². The number of benzene rings is 1. The fraction of sp³-hybridized carbons (Fsp3) is 0.190. The van der Waals surface area contributed by atoms with Gasteiger partial charge in [0.15, 0.2) is 0 Å². The van der Waals surface area contributed by atoms with E-state index in [1.165, 1.54) is 26.4 Å². The minimum atomic E-state index is -0.551. The molecule has 0 aliphatic carbocycles. The Balaban J connectivity index is 2.22. The zero-order chi connectivity index (χ0) is 20.1. The van der Waals surface area contributed by atoms with E-state index in [2.05, 4.69) is 4.98 Å². The standard InChI is InChI=1S/C21H19FN2O4/c1-27-18(25)9-12-24-13-17(14-7-10-23-11-8-14)19(20(24)21(26)28-2)15-3-5-16(22)6-4-15/h3-8,10-11,13H,9,12H2,1-2H3. The number of hydrogen-bond acceptors (Lipinski definition) is 5. The number of halogens is 1. The smallest absolute Gasteiger partial charge is 0.355 e.